The van der Waals surface area contributed by atoms with Crippen LogP contribution in [-0.4, -0.2) is 56.7 Å². The van der Waals surface area contributed by atoms with Crippen LogP contribution in [0.25, 0.3) is 11.4 Å². The molecule has 7 heteroatoms. The van der Waals surface area contributed by atoms with E-state index in [2.05, 4.69) is 32.6 Å². The molecule has 1 fully saturated rings. The fourth-order valence-electron chi connectivity index (χ4n) is 2.92. The standard InChI is InChI=1S/C17H24N6O/c1-3-22-10-8-15(9-11-22)18-16(24)12-23-20-17(19-21-23)14-6-4-13(2)5-7-14/h4-7,15H,3,8-12H2,1-2H3,(H,18,24). The predicted molar refractivity (Wildman–Crippen MR) is 91.3 cm³/mol. The summed E-state index contributed by atoms with van der Waals surface area (Å²) in [6.45, 7) is 7.46. The minimum atomic E-state index is -0.0576. The van der Waals surface area contributed by atoms with E-state index in [-0.39, 0.29) is 18.5 Å². The number of carbonyl (C=O) groups is 1. The molecule has 24 heavy (non-hydrogen) atoms. The number of nitrogens with one attached hydrogen (secondary N) is 1. The van der Waals surface area contributed by atoms with E-state index in [4.69, 9.17) is 0 Å². The Balaban J connectivity index is 1.53. The maximum absolute atomic E-state index is 12.2. The van der Waals surface area contributed by atoms with Gasteiger partial charge in [0.15, 0.2) is 0 Å². The number of rotatable bonds is 5. The molecule has 2 heterocycles. The van der Waals surface area contributed by atoms with Gasteiger partial charge in [0.25, 0.3) is 0 Å². The van der Waals surface area contributed by atoms with Crippen molar-refractivity contribution in [2.75, 3.05) is 19.6 Å². The number of benzene rings is 1. The molecule has 1 aromatic heterocycles. The predicted octanol–water partition coefficient (Wildman–Crippen LogP) is 1.25. The van der Waals surface area contributed by atoms with E-state index in [1.54, 1.807) is 0 Å². The molecule has 0 radical (unpaired) electrons. The van der Waals surface area contributed by atoms with Crippen LogP contribution in [0.5, 0.6) is 0 Å². The van der Waals surface area contributed by atoms with Gasteiger partial charge in [-0.3, -0.25) is 4.79 Å². The van der Waals surface area contributed by atoms with E-state index in [1.165, 1.54) is 10.4 Å². The number of amides is 1. The fourth-order valence-corrected chi connectivity index (χ4v) is 2.92. The molecular weight excluding hydrogens is 304 g/mol. The van der Waals surface area contributed by atoms with Crippen molar-refractivity contribution in [2.45, 2.75) is 39.3 Å². The highest BCUT2D eigenvalue weighted by atomic mass is 16.2. The van der Waals surface area contributed by atoms with Gasteiger partial charge in [-0.15, -0.1) is 10.2 Å². The molecule has 1 aromatic carbocycles. The summed E-state index contributed by atoms with van der Waals surface area (Å²) in [4.78, 5) is 15.9. The monoisotopic (exact) mass is 328 g/mol. The Morgan fingerprint density at radius 1 is 1.25 bits per heavy atom. The van der Waals surface area contributed by atoms with E-state index in [0.29, 0.717) is 5.82 Å². The van der Waals surface area contributed by atoms with Crippen LogP contribution in [0.4, 0.5) is 0 Å². The lowest BCUT2D eigenvalue weighted by molar-refractivity contribution is -0.123. The van der Waals surface area contributed by atoms with Gasteiger partial charge in [0.2, 0.25) is 11.7 Å². The van der Waals surface area contributed by atoms with E-state index < -0.39 is 0 Å². The van der Waals surface area contributed by atoms with E-state index in [9.17, 15) is 4.79 Å². The Hall–Kier alpha value is -2.28. The van der Waals surface area contributed by atoms with Crippen molar-refractivity contribution in [2.24, 2.45) is 0 Å². The summed E-state index contributed by atoms with van der Waals surface area (Å²) < 4.78 is 0. The van der Waals surface area contributed by atoms with Gasteiger partial charge < -0.3 is 10.2 Å². The lowest BCUT2D eigenvalue weighted by atomic mass is 10.1. The maximum Gasteiger partial charge on any atom is 0.243 e. The van der Waals surface area contributed by atoms with Crippen molar-refractivity contribution in [3.8, 4) is 11.4 Å². The van der Waals surface area contributed by atoms with Gasteiger partial charge >= 0.3 is 0 Å². The summed E-state index contributed by atoms with van der Waals surface area (Å²) in [6, 6.07) is 8.17. The second-order valence-electron chi connectivity index (χ2n) is 6.29. The molecular formula is C17H24N6O. The van der Waals surface area contributed by atoms with Gasteiger partial charge in [0.1, 0.15) is 6.54 Å². The SMILES string of the molecule is CCN1CCC(NC(=O)Cn2nnc(-c3ccc(C)cc3)n2)CC1. The first-order valence-electron chi connectivity index (χ1n) is 8.50. The topological polar surface area (TPSA) is 75.9 Å². The molecule has 1 amide bonds. The number of tetrazole rings is 1. The van der Waals surface area contributed by atoms with Gasteiger partial charge in [-0.25, -0.2) is 0 Å². The highest BCUT2D eigenvalue weighted by molar-refractivity contribution is 5.75. The minimum absolute atomic E-state index is 0.0576. The quantitative estimate of drug-likeness (QED) is 0.894. The number of aromatic nitrogens is 4. The molecule has 0 atom stereocenters. The molecule has 128 valence electrons. The van der Waals surface area contributed by atoms with Crippen LogP contribution in [0.15, 0.2) is 24.3 Å². The molecule has 0 spiro atoms. The fraction of sp³-hybridized carbons (Fsp3) is 0.529. The zero-order valence-corrected chi connectivity index (χ0v) is 14.3. The van der Waals surface area contributed by atoms with Crippen molar-refractivity contribution in [1.29, 1.82) is 0 Å². The number of likely N-dealkylation sites (tertiary alicyclic amines) is 1. The average molecular weight is 328 g/mol. The number of hydrogen-bond acceptors (Lipinski definition) is 5. The third-order valence-corrected chi connectivity index (χ3v) is 4.45. The summed E-state index contributed by atoms with van der Waals surface area (Å²) in [5, 5.41) is 15.4. The molecule has 2 aromatic rings. The first-order chi connectivity index (χ1) is 11.6. The van der Waals surface area contributed by atoms with Gasteiger partial charge in [-0.2, -0.15) is 4.80 Å². The molecule has 1 N–H and O–H groups in total. The summed E-state index contributed by atoms with van der Waals surface area (Å²) in [6.07, 6.45) is 2.00. The summed E-state index contributed by atoms with van der Waals surface area (Å²) in [5.74, 6) is 0.483. The Kier molecular flexibility index (Phi) is 5.20. The molecule has 1 aliphatic rings. The van der Waals surface area contributed by atoms with Gasteiger partial charge in [0.05, 0.1) is 0 Å². The number of piperidine rings is 1. The Labute approximate surface area is 142 Å². The number of nitrogens with zero attached hydrogens (tertiary/aromatic N) is 5. The van der Waals surface area contributed by atoms with Crippen LogP contribution >= 0.6 is 0 Å². The van der Waals surface area contributed by atoms with Crippen LogP contribution in [0.1, 0.15) is 25.3 Å². The molecule has 3 rings (SSSR count). The molecule has 0 unspecified atom stereocenters. The molecule has 1 aliphatic heterocycles. The van der Waals surface area contributed by atoms with E-state index in [0.717, 1.165) is 38.0 Å². The van der Waals surface area contributed by atoms with E-state index in [1.807, 2.05) is 31.2 Å². The van der Waals surface area contributed by atoms with Crippen molar-refractivity contribution in [3.05, 3.63) is 29.8 Å². The Morgan fingerprint density at radius 2 is 1.96 bits per heavy atom. The molecule has 7 nitrogen and oxygen atoms in total. The van der Waals surface area contributed by atoms with Crippen LogP contribution < -0.4 is 5.32 Å². The lowest BCUT2D eigenvalue weighted by Crippen LogP contribution is -2.45. The van der Waals surface area contributed by atoms with E-state index >= 15 is 0 Å². The second kappa shape index (κ2) is 7.53. The van der Waals surface area contributed by atoms with Crippen LogP contribution in [-0.2, 0) is 11.3 Å². The third kappa shape index (κ3) is 4.17. The van der Waals surface area contributed by atoms with Gasteiger partial charge in [-0.05, 0) is 31.5 Å². The number of aryl methyl sites for hydroxylation is 1. The number of carbonyl (C=O) groups excluding carboxylic acids is 1. The largest absolute Gasteiger partial charge is 0.352 e. The second-order valence-corrected chi connectivity index (χ2v) is 6.29. The van der Waals surface area contributed by atoms with Gasteiger partial charge in [0, 0.05) is 24.7 Å². The summed E-state index contributed by atoms with van der Waals surface area (Å²) in [5.41, 5.74) is 2.08. The van der Waals surface area contributed by atoms with Crippen LogP contribution in [0.3, 0.4) is 0 Å². The van der Waals surface area contributed by atoms with Crippen molar-refractivity contribution < 1.29 is 4.79 Å². The van der Waals surface area contributed by atoms with Gasteiger partial charge in [-0.1, -0.05) is 36.8 Å². The van der Waals surface area contributed by atoms with Crippen LogP contribution in [0.2, 0.25) is 0 Å². The zero-order chi connectivity index (χ0) is 16.9. The minimum Gasteiger partial charge on any atom is -0.352 e. The maximum atomic E-state index is 12.2. The first-order valence-corrected chi connectivity index (χ1v) is 8.50. The Bertz CT molecular complexity index is 673. The van der Waals surface area contributed by atoms with Crippen LogP contribution in [0, 0.1) is 6.92 Å². The van der Waals surface area contributed by atoms with Crippen molar-refractivity contribution >= 4 is 5.91 Å². The zero-order valence-electron chi connectivity index (χ0n) is 14.3. The van der Waals surface area contributed by atoms with Crippen molar-refractivity contribution in [3.63, 3.8) is 0 Å². The summed E-state index contributed by atoms with van der Waals surface area (Å²) in [7, 11) is 0. The van der Waals surface area contributed by atoms with Crippen molar-refractivity contribution in [1.82, 2.24) is 30.4 Å². The molecule has 1 saturated heterocycles. The molecule has 0 saturated carbocycles. The average Bonchev–Trinajstić information content (AvgIpc) is 3.04. The third-order valence-electron chi connectivity index (χ3n) is 4.45. The first kappa shape index (κ1) is 16.6. The highest BCUT2D eigenvalue weighted by Crippen LogP contribution is 2.14. The number of hydrogen-bond donors (Lipinski definition) is 1. The summed E-state index contributed by atoms with van der Waals surface area (Å²) >= 11 is 0. The normalized spacial score (nSPS) is 16.2. The Morgan fingerprint density at radius 3 is 2.62 bits per heavy atom. The lowest BCUT2D eigenvalue weighted by Gasteiger charge is -2.31. The smallest absolute Gasteiger partial charge is 0.243 e. The highest BCUT2D eigenvalue weighted by Gasteiger charge is 2.20. The molecule has 0 aliphatic carbocycles. The molecule has 0 bridgehead atoms.